The summed E-state index contributed by atoms with van der Waals surface area (Å²) in [4.78, 5) is 18.8. The number of aromatic nitrogens is 1. The molecule has 100 valence electrons. The molecule has 20 heavy (non-hydrogen) atoms. The van der Waals surface area contributed by atoms with Gasteiger partial charge in [0.25, 0.3) is 0 Å². The zero-order valence-corrected chi connectivity index (χ0v) is 10.8. The van der Waals surface area contributed by atoms with Gasteiger partial charge in [0.1, 0.15) is 6.10 Å². The predicted octanol–water partition coefficient (Wildman–Crippen LogP) is 3.50. The lowest BCUT2D eigenvalue weighted by atomic mass is 10.0. The summed E-state index contributed by atoms with van der Waals surface area (Å²) < 4.78 is 9.82. The smallest absolute Gasteiger partial charge is 0.438 e. The van der Waals surface area contributed by atoms with E-state index in [9.17, 15) is 4.79 Å². The highest BCUT2D eigenvalue weighted by molar-refractivity contribution is 5.63. The zero-order valence-electron chi connectivity index (χ0n) is 10.8. The second-order valence-corrected chi connectivity index (χ2v) is 3.90. The van der Waals surface area contributed by atoms with Crippen molar-refractivity contribution >= 4 is 11.8 Å². The van der Waals surface area contributed by atoms with E-state index >= 15 is 0 Å². The number of pyridine rings is 1. The number of ether oxygens (including phenoxy) is 2. The lowest BCUT2D eigenvalue weighted by Gasteiger charge is -2.18. The highest BCUT2D eigenvalue weighted by Crippen LogP contribution is 2.33. The first kappa shape index (κ1) is 13.6. The topological polar surface area (TPSA) is 52.8 Å². The number of carbonyl (C=O) groups is 1. The number of carbonyl (C=O) groups excluding carboxylic acids is 1. The molecule has 0 aliphatic carbocycles. The molecule has 0 radical (unpaired) electrons. The van der Waals surface area contributed by atoms with Crippen molar-refractivity contribution in [2.24, 2.45) is 0 Å². The fourth-order valence-electron chi connectivity index (χ4n) is 1.80. The first-order valence-electron chi connectivity index (χ1n) is 5.87. The van der Waals surface area contributed by atoms with Gasteiger partial charge in [0.05, 0.1) is 13.7 Å². The van der Waals surface area contributed by atoms with E-state index < -0.39 is 12.3 Å². The van der Waals surface area contributed by atoms with Crippen LogP contribution in [0.4, 0.5) is 10.5 Å². The molecular weight excluding hydrogens is 256 g/mol. The van der Waals surface area contributed by atoms with Crippen molar-refractivity contribution < 1.29 is 14.3 Å². The van der Waals surface area contributed by atoms with Crippen LogP contribution in [0.2, 0.25) is 0 Å². The summed E-state index contributed by atoms with van der Waals surface area (Å²) in [5, 5.41) is 0. The van der Waals surface area contributed by atoms with E-state index in [1.807, 2.05) is 0 Å². The molecule has 0 bridgehead atoms. The Balaban J connectivity index is 2.47. The number of benzene rings is 1. The Kier molecular flexibility index (Phi) is 4.30. The Morgan fingerprint density at radius 2 is 1.95 bits per heavy atom. The summed E-state index contributed by atoms with van der Waals surface area (Å²) in [6.45, 7) is 7.21. The van der Waals surface area contributed by atoms with E-state index in [1.165, 1.54) is 7.11 Å². The molecular formula is C15H12N2O3. The highest BCUT2D eigenvalue weighted by atomic mass is 16.7. The molecule has 5 heteroatoms. The molecule has 0 amide bonds. The Hall–Kier alpha value is -2.87. The Bertz CT molecular complexity index is 635. The van der Waals surface area contributed by atoms with Gasteiger partial charge in [0.15, 0.2) is 5.69 Å². The van der Waals surface area contributed by atoms with Gasteiger partial charge in [-0.05, 0) is 17.7 Å². The van der Waals surface area contributed by atoms with Crippen LogP contribution in [0.5, 0.6) is 0 Å². The number of rotatable bonds is 3. The number of nitrogens with zero attached hydrogens (tertiary/aromatic N) is 2. The van der Waals surface area contributed by atoms with Gasteiger partial charge in [0, 0.05) is 18.0 Å². The van der Waals surface area contributed by atoms with Crippen LogP contribution in [0.3, 0.4) is 0 Å². The van der Waals surface area contributed by atoms with Gasteiger partial charge in [-0.15, -0.1) is 0 Å². The van der Waals surface area contributed by atoms with Gasteiger partial charge in [-0.1, -0.05) is 24.3 Å². The van der Waals surface area contributed by atoms with Crippen LogP contribution in [0, 0.1) is 6.57 Å². The van der Waals surface area contributed by atoms with Gasteiger partial charge >= 0.3 is 6.16 Å². The predicted molar refractivity (Wildman–Crippen MR) is 72.3 cm³/mol. The maximum absolute atomic E-state index is 11.4. The van der Waals surface area contributed by atoms with Gasteiger partial charge in [0.2, 0.25) is 0 Å². The van der Waals surface area contributed by atoms with Gasteiger partial charge < -0.3 is 9.47 Å². The van der Waals surface area contributed by atoms with E-state index in [1.54, 1.807) is 48.8 Å². The third-order valence-electron chi connectivity index (χ3n) is 2.73. The number of hydrogen-bond donors (Lipinski definition) is 0. The van der Waals surface area contributed by atoms with Crippen molar-refractivity contribution in [1.29, 1.82) is 0 Å². The minimum absolute atomic E-state index is 0.429. The minimum atomic E-state index is -0.799. The Morgan fingerprint density at radius 3 is 2.60 bits per heavy atom. The third-order valence-corrected chi connectivity index (χ3v) is 2.73. The molecule has 1 unspecified atom stereocenters. The summed E-state index contributed by atoms with van der Waals surface area (Å²) in [5.41, 5.74) is 1.76. The van der Waals surface area contributed by atoms with Gasteiger partial charge in [-0.25, -0.2) is 9.64 Å². The molecule has 2 rings (SSSR count). The second-order valence-electron chi connectivity index (χ2n) is 3.90. The third kappa shape index (κ3) is 2.93. The maximum Gasteiger partial charge on any atom is 0.508 e. The summed E-state index contributed by atoms with van der Waals surface area (Å²) in [5.74, 6) is 0. The molecule has 5 nitrogen and oxygen atoms in total. The normalized spacial score (nSPS) is 11.2. The monoisotopic (exact) mass is 268 g/mol. The number of methoxy groups -OCH3 is 1. The van der Waals surface area contributed by atoms with E-state index in [-0.39, 0.29) is 0 Å². The fraction of sp³-hybridized carbons (Fsp3) is 0.133. The Labute approximate surface area is 116 Å². The minimum Gasteiger partial charge on any atom is -0.438 e. The van der Waals surface area contributed by atoms with Crippen LogP contribution >= 0.6 is 0 Å². The van der Waals surface area contributed by atoms with Crippen molar-refractivity contribution in [2.75, 3.05) is 7.11 Å². The van der Waals surface area contributed by atoms with Crippen LogP contribution in [-0.2, 0) is 9.47 Å². The van der Waals surface area contributed by atoms with Crippen LogP contribution in [0.15, 0.2) is 48.8 Å². The maximum atomic E-state index is 11.4. The molecule has 1 aromatic heterocycles. The van der Waals surface area contributed by atoms with Crippen LogP contribution in [-0.4, -0.2) is 18.2 Å². The number of hydrogen-bond acceptors (Lipinski definition) is 4. The lowest BCUT2D eigenvalue weighted by Crippen LogP contribution is -2.12. The van der Waals surface area contributed by atoms with Crippen molar-refractivity contribution in [3.63, 3.8) is 0 Å². The summed E-state index contributed by atoms with van der Waals surface area (Å²) in [7, 11) is 1.24. The zero-order chi connectivity index (χ0) is 14.4. The molecule has 1 aromatic carbocycles. The summed E-state index contributed by atoms with van der Waals surface area (Å²) >= 11 is 0. The molecule has 2 aromatic rings. The van der Waals surface area contributed by atoms with E-state index in [4.69, 9.17) is 11.3 Å². The first-order valence-corrected chi connectivity index (χ1v) is 5.87. The van der Waals surface area contributed by atoms with Crippen LogP contribution < -0.4 is 0 Å². The van der Waals surface area contributed by atoms with E-state index in [0.29, 0.717) is 11.3 Å². The highest BCUT2D eigenvalue weighted by Gasteiger charge is 2.22. The molecule has 1 heterocycles. The van der Waals surface area contributed by atoms with E-state index in [0.717, 1.165) is 5.56 Å². The van der Waals surface area contributed by atoms with Crippen LogP contribution in [0.25, 0.3) is 4.85 Å². The van der Waals surface area contributed by atoms with Gasteiger partial charge in [-0.2, -0.15) is 0 Å². The molecule has 0 spiro atoms. The summed E-state index contributed by atoms with van der Waals surface area (Å²) in [6, 6.07) is 10.4. The fourth-order valence-corrected chi connectivity index (χ4v) is 1.80. The van der Waals surface area contributed by atoms with Crippen molar-refractivity contribution in [1.82, 2.24) is 4.98 Å². The first-order chi connectivity index (χ1) is 9.76. The molecule has 0 N–H and O–H groups in total. The van der Waals surface area contributed by atoms with Gasteiger partial charge in [-0.3, -0.25) is 4.98 Å². The second kappa shape index (κ2) is 6.34. The standard InChI is InChI=1S/C15H12N2O3/c1-16-13-6-4-3-5-12(13)14(20-15(18)19-2)11-7-9-17-10-8-11/h3-10,14H,2H3. The molecule has 0 aliphatic rings. The average Bonchev–Trinajstić information content (AvgIpc) is 2.53. The van der Waals surface area contributed by atoms with Crippen molar-refractivity contribution in [2.45, 2.75) is 6.10 Å². The van der Waals surface area contributed by atoms with Crippen LogP contribution in [0.1, 0.15) is 17.2 Å². The van der Waals surface area contributed by atoms with Crippen molar-refractivity contribution in [3.05, 3.63) is 71.3 Å². The molecule has 0 saturated heterocycles. The molecule has 0 saturated carbocycles. The largest absolute Gasteiger partial charge is 0.508 e. The Morgan fingerprint density at radius 1 is 1.25 bits per heavy atom. The molecule has 1 atom stereocenters. The SMILES string of the molecule is [C-]#[N+]c1ccccc1C(OC(=O)OC)c1ccncc1. The van der Waals surface area contributed by atoms with Crippen molar-refractivity contribution in [3.8, 4) is 0 Å². The molecule has 0 fully saturated rings. The van der Waals surface area contributed by atoms with E-state index in [2.05, 4.69) is 14.6 Å². The number of para-hydroxylation sites is 1. The quantitative estimate of drug-likeness (QED) is 0.631. The summed E-state index contributed by atoms with van der Waals surface area (Å²) in [6.07, 6.45) is 1.70. The lowest BCUT2D eigenvalue weighted by molar-refractivity contribution is 0.0500. The molecule has 0 aliphatic heterocycles. The average molecular weight is 268 g/mol.